The van der Waals surface area contributed by atoms with Crippen molar-refractivity contribution in [1.82, 2.24) is 10.6 Å². The fourth-order valence-corrected chi connectivity index (χ4v) is 3.74. The van der Waals surface area contributed by atoms with Crippen molar-refractivity contribution >= 4 is 17.7 Å². The van der Waals surface area contributed by atoms with Gasteiger partial charge in [0.1, 0.15) is 0 Å². The highest BCUT2D eigenvalue weighted by molar-refractivity contribution is 7.99. The standard InChI is InChI=1S/C15H20N2OS/c18-15(14-9-19-10-17-14)16-7-6-11-4-5-12-2-1-3-13(12)8-11/h4-5,8,14,17H,1-3,6-7,9-10H2,(H,16,18). The van der Waals surface area contributed by atoms with Gasteiger partial charge >= 0.3 is 0 Å². The molecule has 1 amide bonds. The highest BCUT2D eigenvalue weighted by Gasteiger charge is 2.21. The van der Waals surface area contributed by atoms with E-state index >= 15 is 0 Å². The molecule has 1 fully saturated rings. The van der Waals surface area contributed by atoms with E-state index in [0.717, 1.165) is 24.6 Å². The number of carbonyl (C=O) groups is 1. The molecule has 1 aromatic rings. The lowest BCUT2D eigenvalue weighted by Gasteiger charge is -2.11. The van der Waals surface area contributed by atoms with Gasteiger partial charge in [0, 0.05) is 18.2 Å². The second-order valence-electron chi connectivity index (χ2n) is 5.27. The fraction of sp³-hybridized carbons (Fsp3) is 0.533. The molecule has 0 saturated carbocycles. The second-order valence-corrected chi connectivity index (χ2v) is 6.30. The molecule has 102 valence electrons. The Balaban J connectivity index is 1.48. The minimum Gasteiger partial charge on any atom is -0.354 e. The molecule has 1 atom stereocenters. The third kappa shape index (κ3) is 3.12. The van der Waals surface area contributed by atoms with Gasteiger partial charge in [-0.2, -0.15) is 0 Å². The van der Waals surface area contributed by atoms with Gasteiger partial charge in [-0.25, -0.2) is 0 Å². The average Bonchev–Trinajstić information content (AvgIpc) is 3.09. The molecule has 3 rings (SSSR count). The topological polar surface area (TPSA) is 41.1 Å². The first-order chi connectivity index (χ1) is 9.33. The van der Waals surface area contributed by atoms with E-state index in [1.807, 2.05) is 0 Å². The number of aryl methyl sites for hydroxylation is 2. The molecule has 1 saturated heterocycles. The Bertz CT molecular complexity index is 469. The van der Waals surface area contributed by atoms with Crippen LogP contribution in [0.25, 0.3) is 0 Å². The Hall–Kier alpha value is -1.00. The van der Waals surface area contributed by atoms with Crippen LogP contribution in [0.4, 0.5) is 0 Å². The Morgan fingerprint density at radius 2 is 2.26 bits per heavy atom. The quantitative estimate of drug-likeness (QED) is 0.875. The van der Waals surface area contributed by atoms with Crippen molar-refractivity contribution in [3.8, 4) is 0 Å². The van der Waals surface area contributed by atoms with Crippen LogP contribution in [0.15, 0.2) is 18.2 Å². The van der Waals surface area contributed by atoms with E-state index in [1.165, 1.54) is 36.0 Å². The summed E-state index contributed by atoms with van der Waals surface area (Å²) >= 11 is 1.78. The predicted molar refractivity (Wildman–Crippen MR) is 79.4 cm³/mol. The third-order valence-corrected chi connectivity index (χ3v) is 4.85. The molecule has 4 heteroatoms. The van der Waals surface area contributed by atoms with Crippen LogP contribution in [0.3, 0.4) is 0 Å². The van der Waals surface area contributed by atoms with E-state index < -0.39 is 0 Å². The van der Waals surface area contributed by atoms with Crippen molar-refractivity contribution in [2.45, 2.75) is 31.7 Å². The Morgan fingerprint density at radius 1 is 1.37 bits per heavy atom. The molecule has 0 bridgehead atoms. The van der Waals surface area contributed by atoms with Crippen LogP contribution in [-0.4, -0.2) is 30.1 Å². The lowest BCUT2D eigenvalue weighted by Crippen LogP contribution is -2.42. The molecule has 3 nitrogen and oxygen atoms in total. The molecule has 0 radical (unpaired) electrons. The van der Waals surface area contributed by atoms with Gasteiger partial charge in [0.2, 0.25) is 5.91 Å². The van der Waals surface area contributed by atoms with Crippen molar-refractivity contribution in [3.05, 3.63) is 34.9 Å². The van der Waals surface area contributed by atoms with Gasteiger partial charge in [-0.1, -0.05) is 18.2 Å². The molecular formula is C15H20N2OS. The summed E-state index contributed by atoms with van der Waals surface area (Å²) in [5.74, 6) is 1.93. The van der Waals surface area contributed by atoms with Crippen LogP contribution in [0, 0.1) is 0 Å². The van der Waals surface area contributed by atoms with Gasteiger partial charge in [0.05, 0.1) is 6.04 Å². The summed E-state index contributed by atoms with van der Waals surface area (Å²) in [4.78, 5) is 11.8. The van der Waals surface area contributed by atoms with Gasteiger partial charge < -0.3 is 5.32 Å². The van der Waals surface area contributed by atoms with Gasteiger partial charge in [-0.3, -0.25) is 10.1 Å². The summed E-state index contributed by atoms with van der Waals surface area (Å²) in [5, 5.41) is 6.22. The first-order valence-electron chi connectivity index (χ1n) is 7.02. The zero-order valence-electron chi connectivity index (χ0n) is 11.1. The zero-order valence-corrected chi connectivity index (χ0v) is 11.9. The molecule has 1 aliphatic heterocycles. The summed E-state index contributed by atoms with van der Waals surface area (Å²) in [5.41, 5.74) is 4.37. The number of rotatable bonds is 4. The van der Waals surface area contributed by atoms with E-state index in [2.05, 4.69) is 28.8 Å². The maximum atomic E-state index is 11.8. The number of fused-ring (bicyclic) bond motifs is 1. The molecule has 0 aromatic heterocycles. The monoisotopic (exact) mass is 276 g/mol. The number of nitrogens with one attached hydrogen (secondary N) is 2. The lowest BCUT2D eigenvalue weighted by molar-refractivity contribution is -0.122. The van der Waals surface area contributed by atoms with Crippen LogP contribution in [0.5, 0.6) is 0 Å². The zero-order chi connectivity index (χ0) is 13.1. The first kappa shape index (κ1) is 13.0. The SMILES string of the molecule is O=C(NCCc1ccc2c(c1)CCC2)C1CSCN1. The highest BCUT2D eigenvalue weighted by Crippen LogP contribution is 2.22. The highest BCUT2D eigenvalue weighted by atomic mass is 32.2. The van der Waals surface area contributed by atoms with Crippen LogP contribution >= 0.6 is 11.8 Å². The fourth-order valence-electron chi connectivity index (χ4n) is 2.80. The van der Waals surface area contributed by atoms with Crippen molar-refractivity contribution in [1.29, 1.82) is 0 Å². The Kier molecular flexibility index (Phi) is 4.09. The summed E-state index contributed by atoms with van der Waals surface area (Å²) in [7, 11) is 0. The molecule has 19 heavy (non-hydrogen) atoms. The van der Waals surface area contributed by atoms with Crippen LogP contribution in [0.1, 0.15) is 23.1 Å². The van der Waals surface area contributed by atoms with Crippen molar-refractivity contribution < 1.29 is 4.79 Å². The van der Waals surface area contributed by atoms with Gasteiger partial charge in [-0.05, 0) is 42.4 Å². The van der Waals surface area contributed by atoms with E-state index in [4.69, 9.17) is 0 Å². The van der Waals surface area contributed by atoms with Crippen molar-refractivity contribution in [2.24, 2.45) is 0 Å². The summed E-state index contributed by atoms with van der Waals surface area (Å²) in [6, 6.07) is 6.79. The molecule has 2 aliphatic rings. The summed E-state index contributed by atoms with van der Waals surface area (Å²) in [6.07, 6.45) is 4.68. The number of carbonyl (C=O) groups excluding carboxylic acids is 1. The molecular weight excluding hydrogens is 256 g/mol. The van der Waals surface area contributed by atoms with E-state index in [9.17, 15) is 4.79 Å². The van der Waals surface area contributed by atoms with Gasteiger partial charge in [-0.15, -0.1) is 11.8 Å². The number of amides is 1. The smallest absolute Gasteiger partial charge is 0.238 e. The van der Waals surface area contributed by atoms with Crippen molar-refractivity contribution in [3.63, 3.8) is 0 Å². The minimum atomic E-state index is 0.00465. The number of thioether (sulfide) groups is 1. The lowest BCUT2D eigenvalue weighted by atomic mass is 10.0. The van der Waals surface area contributed by atoms with E-state index in [0.29, 0.717) is 0 Å². The maximum Gasteiger partial charge on any atom is 0.238 e. The number of hydrogen-bond donors (Lipinski definition) is 2. The molecule has 1 aromatic carbocycles. The molecule has 0 spiro atoms. The number of hydrogen-bond acceptors (Lipinski definition) is 3. The normalized spacial score (nSPS) is 21.4. The molecule has 1 heterocycles. The van der Waals surface area contributed by atoms with Gasteiger partial charge in [0.25, 0.3) is 0 Å². The van der Waals surface area contributed by atoms with Crippen LogP contribution in [-0.2, 0) is 24.1 Å². The molecule has 2 N–H and O–H groups in total. The largest absolute Gasteiger partial charge is 0.354 e. The van der Waals surface area contributed by atoms with E-state index in [-0.39, 0.29) is 11.9 Å². The maximum absolute atomic E-state index is 11.8. The third-order valence-electron chi connectivity index (χ3n) is 3.91. The Labute approximate surface area is 118 Å². The average molecular weight is 276 g/mol. The van der Waals surface area contributed by atoms with Crippen LogP contribution in [0.2, 0.25) is 0 Å². The second kappa shape index (κ2) is 5.97. The minimum absolute atomic E-state index is 0.00465. The summed E-state index contributed by atoms with van der Waals surface area (Å²) in [6.45, 7) is 0.737. The predicted octanol–water partition coefficient (Wildman–Crippen LogP) is 1.50. The number of benzene rings is 1. The van der Waals surface area contributed by atoms with Gasteiger partial charge in [0.15, 0.2) is 0 Å². The molecule has 1 aliphatic carbocycles. The Morgan fingerprint density at radius 3 is 3.11 bits per heavy atom. The van der Waals surface area contributed by atoms with Crippen molar-refractivity contribution in [2.75, 3.05) is 18.2 Å². The molecule has 1 unspecified atom stereocenters. The first-order valence-corrected chi connectivity index (χ1v) is 8.18. The summed E-state index contributed by atoms with van der Waals surface area (Å²) < 4.78 is 0. The van der Waals surface area contributed by atoms with E-state index in [1.54, 1.807) is 11.8 Å². The van der Waals surface area contributed by atoms with Crippen LogP contribution < -0.4 is 10.6 Å².